The maximum atomic E-state index is 13.2. The monoisotopic (exact) mass is 418 g/mol. The fourth-order valence-electron chi connectivity index (χ4n) is 2.99. The summed E-state index contributed by atoms with van der Waals surface area (Å²) < 4.78 is 33.6. The topological polar surface area (TPSA) is 75.7 Å². The lowest BCUT2D eigenvalue weighted by Crippen LogP contribution is -2.40. The van der Waals surface area contributed by atoms with Gasteiger partial charge in [0.2, 0.25) is 10.0 Å². The molecule has 0 heterocycles. The molecule has 158 valence electrons. The van der Waals surface area contributed by atoms with Gasteiger partial charge in [0.15, 0.2) is 0 Å². The van der Waals surface area contributed by atoms with Crippen LogP contribution >= 0.6 is 0 Å². The SMILES string of the molecule is CCCN(Cc1ccccc1)C(=O)c1ccc(OC)c(S(=O)(=O)NC(C)(C)C)c1. The minimum Gasteiger partial charge on any atom is -0.495 e. The van der Waals surface area contributed by atoms with Gasteiger partial charge >= 0.3 is 0 Å². The highest BCUT2D eigenvalue weighted by molar-refractivity contribution is 7.89. The number of nitrogens with zero attached hydrogens (tertiary/aromatic N) is 1. The quantitative estimate of drug-likeness (QED) is 0.707. The van der Waals surface area contributed by atoms with Gasteiger partial charge in [-0.1, -0.05) is 37.3 Å². The predicted molar refractivity (Wildman–Crippen MR) is 115 cm³/mol. The van der Waals surface area contributed by atoms with E-state index in [0.29, 0.717) is 18.7 Å². The molecule has 0 aliphatic heterocycles. The van der Waals surface area contributed by atoms with Crippen molar-refractivity contribution in [1.29, 1.82) is 0 Å². The van der Waals surface area contributed by atoms with Crippen molar-refractivity contribution in [3.8, 4) is 5.75 Å². The van der Waals surface area contributed by atoms with E-state index < -0.39 is 15.6 Å². The van der Waals surface area contributed by atoms with Gasteiger partial charge in [0.25, 0.3) is 5.91 Å². The van der Waals surface area contributed by atoms with Crippen molar-refractivity contribution >= 4 is 15.9 Å². The smallest absolute Gasteiger partial charge is 0.254 e. The van der Waals surface area contributed by atoms with Crippen LogP contribution in [0.3, 0.4) is 0 Å². The summed E-state index contributed by atoms with van der Waals surface area (Å²) >= 11 is 0. The van der Waals surface area contributed by atoms with Crippen LogP contribution < -0.4 is 9.46 Å². The maximum absolute atomic E-state index is 13.2. The number of methoxy groups -OCH3 is 1. The third-order valence-electron chi connectivity index (χ3n) is 4.14. The number of carbonyl (C=O) groups is 1. The Labute approximate surface area is 173 Å². The molecule has 0 spiro atoms. The van der Waals surface area contributed by atoms with Gasteiger partial charge in [0, 0.05) is 24.2 Å². The highest BCUT2D eigenvalue weighted by atomic mass is 32.2. The van der Waals surface area contributed by atoms with E-state index in [1.54, 1.807) is 31.7 Å². The molecule has 0 bridgehead atoms. The number of hydrogen-bond donors (Lipinski definition) is 1. The molecule has 2 aromatic carbocycles. The van der Waals surface area contributed by atoms with E-state index in [2.05, 4.69) is 4.72 Å². The van der Waals surface area contributed by atoms with Crippen LogP contribution in [0.15, 0.2) is 53.4 Å². The average Bonchev–Trinajstić information content (AvgIpc) is 2.65. The van der Waals surface area contributed by atoms with E-state index in [1.807, 2.05) is 37.3 Å². The van der Waals surface area contributed by atoms with Crippen molar-refractivity contribution < 1.29 is 17.9 Å². The molecule has 0 atom stereocenters. The maximum Gasteiger partial charge on any atom is 0.254 e. The molecule has 2 rings (SSSR count). The van der Waals surface area contributed by atoms with Crippen LogP contribution in [0, 0.1) is 0 Å². The Kier molecular flexibility index (Phi) is 7.43. The molecule has 2 aromatic rings. The molecular formula is C22H30N2O4S. The Morgan fingerprint density at radius 2 is 1.76 bits per heavy atom. The lowest BCUT2D eigenvalue weighted by Gasteiger charge is -2.24. The summed E-state index contributed by atoms with van der Waals surface area (Å²) in [4.78, 5) is 14.9. The minimum atomic E-state index is -3.86. The van der Waals surface area contributed by atoms with Crippen LogP contribution in [0.1, 0.15) is 50.0 Å². The van der Waals surface area contributed by atoms with Gasteiger partial charge in [-0.3, -0.25) is 4.79 Å². The summed E-state index contributed by atoms with van der Waals surface area (Å²) in [5.41, 5.74) is 0.667. The molecule has 0 unspecified atom stereocenters. The van der Waals surface area contributed by atoms with Gasteiger partial charge in [0.1, 0.15) is 10.6 Å². The second-order valence-corrected chi connectivity index (χ2v) is 9.58. The largest absolute Gasteiger partial charge is 0.495 e. The van der Waals surface area contributed by atoms with Gasteiger partial charge < -0.3 is 9.64 Å². The molecular weight excluding hydrogens is 388 g/mol. The molecule has 0 radical (unpaired) electrons. The number of sulfonamides is 1. The highest BCUT2D eigenvalue weighted by Gasteiger charge is 2.27. The summed E-state index contributed by atoms with van der Waals surface area (Å²) in [6, 6.07) is 14.2. The van der Waals surface area contributed by atoms with Crippen molar-refractivity contribution in [2.24, 2.45) is 0 Å². The normalized spacial score (nSPS) is 11.9. The number of rotatable bonds is 8. The predicted octanol–water partition coefficient (Wildman–Crippen LogP) is 3.82. The fraction of sp³-hybridized carbons (Fsp3) is 0.409. The first kappa shape index (κ1) is 22.9. The number of amides is 1. The summed E-state index contributed by atoms with van der Waals surface area (Å²) in [5.74, 6) is -0.0195. The Hall–Kier alpha value is -2.38. The molecule has 0 fully saturated rings. The van der Waals surface area contributed by atoms with E-state index in [1.165, 1.54) is 19.2 Å². The van der Waals surface area contributed by atoms with Crippen LogP contribution in [0.25, 0.3) is 0 Å². The highest BCUT2D eigenvalue weighted by Crippen LogP contribution is 2.27. The number of nitrogens with one attached hydrogen (secondary N) is 1. The number of carbonyl (C=O) groups excluding carboxylic acids is 1. The molecule has 0 aliphatic rings. The van der Waals surface area contributed by atoms with Crippen LogP contribution in [-0.4, -0.2) is 38.4 Å². The second-order valence-electron chi connectivity index (χ2n) is 7.93. The number of hydrogen-bond acceptors (Lipinski definition) is 4. The average molecular weight is 419 g/mol. The zero-order valence-corrected chi connectivity index (χ0v) is 18.5. The first-order valence-corrected chi connectivity index (χ1v) is 11.1. The van der Waals surface area contributed by atoms with Crippen molar-refractivity contribution in [2.45, 2.75) is 51.1 Å². The second kappa shape index (κ2) is 9.41. The van der Waals surface area contributed by atoms with E-state index >= 15 is 0 Å². The Morgan fingerprint density at radius 3 is 2.31 bits per heavy atom. The van der Waals surface area contributed by atoms with Crippen LogP contribution in [0.4, 0.5) is 0 Å². The summed E-state index contributed by atoms with van der Waals surface area (Å²) in [5, 5.41) is 0. The van der Waals surface area contributed by atoms with E-state index in [0.717, 1.165) is 12.0 Å². The first-order valence-electron chi connectivity index (χ1n) is 9.62. The van der Waals surface area contributed by atoms with Crippen LogP contribution in [-0.2, 0) is 16.6 Å². The van der Waals surface area contributed by atoms with Crippen LogP contribution in [0.2, 0.25) is 0 Å². The molecule has 0 saturated heterocycles. The Balaban J connectivity index is 2.41. The van der Waals surface area contributed by atoms with E-state index in [9.17, 15) is 13.2 Å². The molecule has 0 saturated carbocycles. The molecule has 7 heteroatoms. The fourth-order valence-corrected chi connectivity index (χ4v) is 4.60. The lowest BCUT2D eigenvalue weighted by atomic mass is 10.1. The first-order chi connectivity index (χ1) is 13.6. The molecule has 29 heavy (non-hydrogen) atoms. The van der Waals surface area contributed by atoms with Crippen LogP contribution in [0.5, 0.6) is 5.75 Å². The van der Waals surface area contributed by atoms with E-state index in [4.69, 9.17) is 4.74 Å². The third kappa shape index (κ3) is 6.30. The molecule has 0 aromatic heterocycles. The third-order valence-corrected chi connectivity index (χ3v) is 5.92. The lowest BCUT2D eigenvalue weighted by molar-refractivity contribution is 0.0743. The zero-order chi connectivity index (χ0) is 21.7. The molecule has 6 nitrogen and oxygen atoms in total. The van der Waals surface area contributed by atoms with Crippen molar-refractivity contribution in [3.63, 3.8) is 0 Å². The summed E-state index contributed by atoms with van der Waals surface area (Å²) in [6.07, 6.45) is 0.797. The van der Waals surface area contributed by atoms with Crippen molar-refractivity contribution in [3.05, 3.63) is 59.7 Å². The van der Waals surface area contributed by atoms with Gasteiger partial charge in [-0.25, -0.2) is 13.1 Å². The standard InChI is InChI=1S/C22H30N2O4S/c1-6-14-24(16-17-10-8-7-9-11-17)21(25)18-12-13-19(28-5)20(15-18)29(26,27)23-22(2,3)4/h7-13,15,23H,6,14,16H2,1-5H3. The van der Waals surface area contributed by atoms with Gasteiger partial charge in [-0.2, -0.15) is 0 Å². The van der Waals surface area contributed by atoms with Crippen molar-refractivity contribution in [1.82, 2.24) is 9.62 Å². The van der Waals surface area contributed by atoms with Gasteiger partial charge in [-0.15, -0.1) is 0 Å². The summed E-state index contributed by atoms with van der Waals surface area (Å²) in [6.45, 7) is 8.31. The number of ether oxygens (including phenoxy) is 1. The van der Waals surface area contributed by atoms with Gasteiger partial charge in [-0.05, 0) is 51.0 Å². The molecule has 1 amide bonds. The molecule has 0 aliphatic carbocycles. The van der Waals surface area contributed by atoms with E-state index in [-0.39, 0.29) is 16.6 Å². The Morgan fingerprint density at radius 1 is 1.10 bits per heavy atom. The summed E-state index contributed by atoms with van der Waals surface area (Å²) in [7, 11) is -2.45. The molecule has 1 N–H and O–H groups in total. The number of benzene rings is 2. The Bertz CT molecular complexity index is 935. The zero-order valence-electron chi connectivity index (χ0n) is 17.7. The van der Waals surface area contributed by atoms with Crippen molar-refractivity contribution in [2.75, 3.05) is 13.7 Å². The van der Waals surface area contributed by atoms with Gasteiger partial charge in [0.05, 0.1) is 7.11 Å². The minimum absolute atomic E-state index is 0.0445.